The van der Waals surface area contributed by atoms with Crippen LogP contribution in [0.15, 0.2) is 329 Å². The summed E-state index contributed by atoms with van der Waals surface area (Å²) in [6.07, 6.45) is 3.51. The Bertz CT molecular complexity index is 5110. The summed E-state index contributed by atoms with van der Waals surface area (Å²) in [7, 11) is 0. The molecule has 100 heavy (non-hydrogen) atoms. The number of hydrogen-bond donors (Lipinski definition) is 0. The van der Waals surface area contributed by atoms with Crippen LogP contribution in [0.3, 0.4) is 0 Å². The second-order valence-electron chi connectivity index (χ2n) is 24.8. The van der Waals surface area contributed by atoms with E-state index in [1.807, 2.05) is 240 Å². The number of anilines is 6. The predicted molar refractivity (Wildman–Crippen MR) is 389 cm³/mol. The molecule has 0 N–H and O–H groups in total. The number of nitrogens with zero attached hydrogens (tertiary/aromatic N) is 2. The maximum atomic E-state index is 17.0. The fourth-order valence-electron chi connectivity index (χ4n) is 14.7. The molecule has 0 aromatic heterocycles. The van der Waals surface area contributed by atoms with E-state index in [-0.39, 0.29) is 11.1 Å². The summed E-state index contributed by atoms with van der Waals surface area (Å²) in [6.45, 7) is 7.71. The third-order valence-corrected chi connectivity index (χ3v) is 19.3. The van der Waals surface area contributed by atoms with Crippen molar-refractivity contribution in [2.24, 2.45) is 0 Å². The van der Waals surface area contributed by atoms with Crippen LogP contribution in [0, 0.1) is 34.9 Å². The van der Waals surface area contributed by atoms with Gasteiger partial charge in [-0.2, -0.15) is 0 Å². The quantitative estimate of drug-likeness (QED) is 0.0849. The number of hydrogen-bond acceptors (Lipinski definition) is 4. The fraction of sp³-hybridized carbons (Fsp3) is 0.0222. The van der Waals surface area contributed by atoms with Gasteiger partial charge in [-0.15, -0.1) is 0 Å². The van der Waals surface area contributed by atoms with E-state index in [0.717, 1.165) is 79.1 Å². The molecule has 0 amide bonds. The highest BCUT2D eigenvalue weighted by molar-refractivity contribution is 5.92. The molecule has 2 atom stereocenters. The molecule has 0 saturated heterocycles. The third-order valence-electron chi connectivity index (χ3n) is 19.3. The van der Waals surface area contributed by atoms with Crippen molar-refractivity contribution >= 4 is 46.3 Å². The Morgan fingerprint density at radius 1 is 0.260 bits per heavy atom. The van der Waals surface area contributed by atoms with Gasteiger partial charge in [-0.25, -0.2) is 26.3 Å². The van der Waals surface area contributed by atoms with Crippen molar-refractivity contribution in [3.63, 3.8) is 0 Å². The van der Waals surface area contributed by atoms with E-state index in [2.05, 4.69) is 13.2 Å². The lowest BCUT2D eigenvalue weighted by atomic mass is 9.67. The monoisotopic (exact) mass is 1310 g/mol. The fourth-order valence-corrected chi connectivity index (χ4v) is 14.7. The molecule has 2 aliphatic carbocycles. The Morgan fingerprint density at radius 2 is 0.560 bits per heavy atom. The molecule has 4 nitrogen and oxygen atoms in total. The molecule has 0 spiro atoms. The molecular weight excluding hydrogens is 1250 g/mol. The molecule has 2 aliphatic rings. The lowest BCUT2D eigenvalue weighted by molar-refractivity contribution is 0.481. The summed E-state index contributed by atoms with van der Waals surface area (Å²) in [6, 6.07) is 93.3. The van der Waals surface area contributed by atoms with Crippen molar-refractivity contribution in [1.29, 1.82) is 0 Å². The van der Waals surface area contributed by atoms with E-state index in [4.69, 9.17) is 9.47 Å². The summed E-state index contributed by atoms with van der Waals surface area (Å²) in [5.74, 6) is -0.873. The number of benzene rings is 14. The minimum Gasteiger partial charge on any atom is -0.457 e. The van der Waals surface area contributed by atoms with Crippen molar-refractivity contribution in [3.05, 3.63) is 419 Å². The normalized spacial score (nSPS) is 14.7. The zero-order valence-corrected chi connectivity index (χ0v) is 53.6. The largest absolute Gasteiger partial charge is 0.457 e. The second kappa shape index (κ2) is 25.4. The van der Waals surface area contributed by atoms with Gasteiger partial charge in [0.15, 0.2) is 0 Å². The number of halogens is 6. The third kappa shape index (κ3) is 10.8. The lowest BCUT2D eigenvalue weighted by Crippen LogP contribution is -2.30. The topological polar surface area (TPSA) is 24.9 Å². The summed E-state index contributed by atoms with van der Waals surface area (Å²) in [5, 5.41) is 0. The summed E-state index contributed by atoms with van der Waals surface area (Å²) in [5.41, 5.74) is 12.9. The zero-order chi connectivity index (χ0) is 68.2. The molecule has 482 valence electrons. The first kappa shape index (κ1) is 62.2. The predicted octanol–water partition coefficient (Wildman–Crippen LogP) is 24.7. The van der Waals surface area contributed by atoms with E-state index in [1.54, 1.807) is 36.4 Å². The van der Waals surface area contributed by atoms with Crippen LogP contribution in [-0.4, -0.2) is 0 Å². The highest BCUT2D eigenvalue weighted by Gasteiger charge is 2.50. The van der Waals surface area contributed by atoms with Crippen LogP contribution in [-0.2, 0) is 10.8 Å². The minimum atomic E-state index is -1.38. The van der Waals surface area contributed by atoms with E-state index < -0.39 is 45.7 Å². The Morgan fingerprint density at radius 3 is 0.910 bits per heavy atom. The van der Waals surface area contributed by atoms with Crippen LogP contribution in [0.5, 0.6) is 23.0 Å². The van der Waals surface area contributed by atoms with Gasteiger partial charge in [0.25, 0.3) is 0 Å². The van der Waals surface area contributed by atoms with Crippen LogP contribution in [0.4, 0.5) is 60.5 Å². The standard InChI is InChI=1S/C90H58F6N2O2/c1-3-57-13-41-73(42-14-57)99-75-45-21-61(22-46-75)89(85-53-65(93)29-51-87(85)95)81-11-7-5-9-77(81)79-49-39-71(55-83(79)89)97(69-35-25-63(91)26-36-69)67-31-17-59(18-32-67)60-19-33-68(34-20-60)98(70-37-27-64(92)28-38-70)72-40-50-80-78-10-6-8-12-82(78)90(84(80)56-72,86-54-66(94)30-52-88(86)96)62-23-47-76(48-24-62)100-74-43-15-58(4-2)16-44-74/h3-56H,1-2H2. The van der Waals surface area contributed by atoms with Gasteiger partial charge in [0, 0.05) is 45.3 Å². The van der Waals surface area contributed by atoms with Gasteiger partial charge >= 0.3 is 0 Å². The molecule has 14 aromatic rings. The first-order valence-electron chi connectivity index (χ1n) is 32.6. The average Bonchev–Trinajstić information content (AvgIpc) is 1.53. The molecule has 0 bridgehead atoms. The van der Waals surface area contributed by atoms with Gasteiger partial charge in [-0.05, 0) is 260 Å². The van der Waals surface area contributed by atoms with Gasteiger partial charge in [0.2, 0.25) is 0 Å². The van der Waals surface area contributed by atoms with Crippen molar-refractivity contribution in [2.75, 3.05) is 9.80 Å². The second-order valence-corrected chi connectivity index (χ2v) is 24.8. The smallest absolute Gasteiger partial charge is 0.128 e. The number of ether oxygens (including phenoxy) is 2. The molecule has 0 aliphatic heterocycles. The van der Waals surface area contributed by atoms with Gasteiger partial charge in [0.1, 0.15) is 57.9 Å². The Hall–Kier alpha value is -12.7. The SMILES string of the molecule is C=Cc1ccc(Oc2ccc(C3(c4cc(F)ccc4F)c4ccccc4-c4ccc(N(c5ccc(F)cc5)c5ccc(-c6ccc(N(c7ccc(F)cc7)c7ccc8c(c7)C(c7ccc(Oc9ccc(C=C)cc9)cc7)(c7cc(F)ccc7F)c7ccccc7-8)cc6)cc5)cc43)cc2)cc1. The molecule has 16 rings (SSSR count). The van der Waals surface area contributed by atoms with Gasteiger partial charge in [-0.3, -0.25) is 0 Å². The first-order chi connectivity index (χ1) is 48.9. The molecular formula is C90H58F6N2O2. The molecule has 10 heteroatoms. The van der Waals surface area contributed by atoms with Crippen LogP contribution in [0.1, 0.15) is 55.6 Å². The molecule has 0 radical (unpaired) electrons. The van der Waals surface area contributed by atoms with Crippen molar-refractivity contribution in [2.45, 2.75) is 10.8 Å². The van der Waals surface area contributed by atoms with Crippen LogP contribution >= 0.6 is 0 Å². The summed E-state index contributed by atoms with van der Waals surface area (Å²) >= 11 is 0. The van der Waals surface area contributed by atoms with Crippen molar-refractivity contribution in [1.82, 2.24) is 0 Å². The highest BCUT2D eigenvalue weighted by atomic mass is 19.1. The Balaban J connectivity index is 0.774. The molecule has 0 heterocycles. The van der Waals surface area contributed by atoms with Crippen LogP contribution < -0.4 is 19.3 Å². The molecule has 0 saturated carbocycles. The maximum Gasteiger partial charge on any atom is 0.128 e. The van der Waals surface area contributed by atoms with E-state index in [9.17, 15) is 8.78 Å². The van der Waals surface area contributed by atoms with Crippen LogP contribution in [0.25, 0.3) is 45.5 Å². The van der Waals surface area contributed by atoms with Crippen molar-refractivity contribution in [3.8, 4) is 56.4 Å². The van der Waals surface area contributed by atoms with Crippen LogP contribution in [0.2, 0.25) is 0 Å². The van der Waals surface area contributed by atoms with Gasteiger partial charge < -0.3 is 19.3 Å². The molecule has 14 aromatic carbocycles. The maximum absolute atomic E-state index is 17.0. The number of rotatable bonds is 17. The van der Waals surface area contributed by atoms with Gasteiger partial charge in [0.05, 0.1) is 10.8 Å². The van der Waals surface area contributed by atoms with E-state index in [0.29, 0.717) is 68.0 Å². The molecule has 2 unspecified atom stereocenters. The van der Waals surface area contributed by atoms with E-state index in [1.165, 1.54) is 48.5 Å². The number of fused-ring (bicyclic) bond motifs is 6. The minimum absolute atomic E-state index is 0.128. The zero-order valence-electron chi connectivity index (χ0n) is 53.6. The Labute approximate surface area is 575 Å². The summed E-state index contributed by atoms with van der Waals surface area (Å²) < 4.78 is 108. The first-order valence-corrected chi connectivity index (χ1v) is 32.6. The van der Waals surface area contributed by atoms with E-state index >= 15 is 17.6 Å². The lowest BCUT2D eigenvalue weighted by Gasteiger charge is -2.35. The molecule has 0 fully saturated rings. The summed E-state index contributed by atoms with van der Waals surface area (Å²) in [4.78, 5) is 4.02. The average molecular weight is 1310 g/mol. The van der Waals surface area contributed by atoms with Crippen molar-refractivity contribution < 1.29 is 35.8 Å². The Kier molecular flexibility index (Phi) is 15.8. The van der Waals surface area contributed by atoms with Gasteiger partial charge in [-0.1, -0.05) is 159 Å². The highest BCUT2D eigenvalue weighted by Crippen LogP contribution is 2.60.